The minimum absolute atomic E-state index is 0.148. The van der Waals surface area contributed by atoms with Gasteiger partial charge in [0, 0.05) is 10.8 Å². The summed E-state index contributed by atoms with van der Waals surface area (Å²) in [5.41, 5.74) is 0. The summed E-state index contributed by atoms with van der Waals surface area (Å²) < 4.78 is 10.9. The summed E-state index contributed by atoms with van der Waals surface area (Å²) in [7, 11) is 0. The lowest BCUT2D eigenvalue weighted by molar-refractivity contribution is 0.947. The zero-order chi connectivity index (χ0) is 4.83. The van der Waals surface area contributed by atoms with Gasteiger partial charge in [-0.2, -0.15) is 3.89 Å². The molecule has 0 aliphatic heterocycles. The van der Waals surface area contributed by atoms with Crippen molar-refractivity contribution in [3.8, 4) is 0 Å². The molecule has 0 saturated carbocycles. The smallest absolute Gasteiger partial charge is 0.0732 e. The van der Waals surface area contributed by atoms with Gasteiger partial charge in [0.25, 0.3) is 0 Å². The van der Waals surface area contributed by atoms with Gasteiger partial charge in [0.2, 0.25) is 0 Å². The fraction of sp³-hybridized carbons (Fsp3) is 0. The van der Waals surface area contributed by atoms with E-state index in [1.165, 1.54) is 16.9 Å². The Bertz CT molecular complexity index is 59.8. The molecule has 0 radical (unpaired) electrons. The molecule has 3 heteroatoms. The van der Waals surface area contributed by atoms with Gasteiger partial charge < -0.3 is 0 Å². The molecule has 0 atom stereocenters. The van der Waals surface area contributed by atoms with Crippen molar-refractivity contribution in [2.24, 2.45) is 0 Å². The number of rotatable bonds is 2. The van der Waals surface area contributed by atoms with Crippen LogP contribution in [0.2, 0.25) is 0 Å². The third kappa shape index (κ3) is 4.11. The number of thiocarbonyl (C=S) groups is 1. The van der Waals surface area contributed by atoms with Gasteiger partial charge in [0.1, 0.15) is 0 Å². The first-order valence-electron chi connectivity index (χ1n) is 1.29. The van der Waals surface area contributed by atoms with Gasteiger partial charge in [-0.05, 0) is 6.08 Å². The maximum absolute atomic E-state index is 10.9. The van der Waals surface area contributed by atoms with Crippen molar-refractivity contribution in [3.05, 3.63) is 11.5 Å². The summed E-state index contributed by atoms with van der Waals surface area (Å²) in [4.78, 5) is 0. The lowest BCUT2D eigenvalue weighted by Crippen LogP contribution is -1.44. The number of halogens is 1. The van der Waals surface area contributed by atoms with Gasteiger partial charge in [-0.25, -0.2) is 0 Å². The fourth-order valence-electron chi connectivity index (χ4n) is 0.0618. The van der Waals surface area contributed by atoms with Crippen molar-refractivity contribution < 1.29 is 3.89 Å². The van der Waals surface area contributed by atoms with E-state index in [9.17, 15) is 3.89 Å². The highest BCUT2D eigenvalue weighted by Crippen LogP contribution is 1.98. The number of hydrogen-bond acceptors (Lipinski definition) is 2. The molecule has 0 heterocycles. The summed E-state index contributed by atoms with van der Waals surface area (Å²) in [6.45, 7) is 0. The third-order valence-electron chi connectivity index (χ3n) is 0.209. The van der Waals surface area contributed by atoms with Gasteiger partial charge in [-0.3, -0.25) is 0 Å². The van der Waals surface area contributed by atoms with E-state index in [0.29, 0.717) is 0 Å². The Morgan fingerprint density at radius 3 is 2.50 bits per heavy atom. The highest BCUT2D eigenvalue weighted by molar-refractivity contribution is 7.97. The summed E-state index contributed by atoms with van der Waals surface area (Å²) >= 11 is 4.47. The van der Waals surface area contributed by atoms with Gasteiger partial charge in [0.05, 0.1) is 12.1 Å². The summed E-state index contributed by atoms with van der Waals surface area (Å²) in [5.74, 6) is 0. The third-order valence-corrected chi connectivity index (χ3v) is 0.626. The van der Waals surface area contributed by atoms with Crippen LogP contribution < -0.4 is 0 Å². The van der Waals surface area contributed by atoms with E-state index in [2.05, 4.69) is 12.2 Å². The van der Waals surface area contributed by atoms with Crippen LogP contribution in [0.15, 0.2) is 11.5 Å². The first-order chi connectivity index (χ1) is 2.91. The van der Waals surface area contributed by atoms with E-state index >= 15 is 0 Å². The zero-order valence-electron chi connectivity index (χ0n) is 2.93. The minimum atomic E-state index is 0.148. The second-order valence-corrected chi connectivity index (χ2v) is 1.28. The molecule has 34 valence electrons. The summed E-state index contributed by atoms with van der Waals surface area (Å²) in [6.07, 6.45) is 1.46. The average Bonchev–Trinajstić information content (AvgIpc) is 1.61. The number of allylic oxidation sites excluding steroid dienone is 1. The Labute approximate surface area is 45.7 Å². The molecule has 0 N–H and O–H groups in total. The molecule has 0 spiro atoms. The normalized spacial score (nSPS) is 9.50. The molecule has 0 fully saturated rings. The molecule has 0 nitrogen and oxygen atoms in total. The maximum Gasteiger partial charge on any atom is 0.0732 e. The van der Waals surface area contributed by atoms with Gasteiger partial charge in [0.15, 0.2) is 0 Å². The van der Waals surface area contributed by atoms with Crippen molar-refractivity contribution in [1.82, 2.24) is 0 Å². The van der Waals surface area contributed by atoms with Gasteiger partial charge in [-0.1, -0.05) is 12.2 Å². The molecule has 0 aromatic carbocycles. The zero-order valence-corrected chi connectivity index (χ0v) is 4.56. The van der Waals surface area contributed by atoms with Crippen LogP contribution in [-0.4, -0.2) is 5.37 Å². The Hall–Kier alpha value is 0.110. The summed E-state index contributed by atoms with van der Waals surface area (Å²) in [6, 6.07) is 0. The molecule has 0 unspecified atom stereocenters. The van der Waals surface area contributed by atoms with Crippen LogP contribution in [0.5, 0.6) is 0 Å². The molecular weight excluding hydrogens is 119 g/mol. The van der Waals surface area contributed by atoms with Gasteiger partial charge >= 0.3 is 0 Å². The second-order valence-electron chi connectivity index (χ2n) is 0.554. The second kappa shape index (κ2) is 5.11. The Balaban J connectivity index is 2.94. The molecule has 0 bridgehead atoms. The molecule has 0 aromatic heterocycles. The predicted molar refractivity (Wildman–Crippen MR) is 31.5 cm³/mol. The van der Waals surface area contributed by atoms with E-state index in [-0.39, 0.29) is 12.1 Å². The van der Waals surface area contributed by atoms with Crippen LogP contribution in [-0.2, 0) is 0 Å². The lowest BCUT2D eigenvalue weighted by atomic mass is 10.8. The Morgan fingerprint density at radius 1 is 1.67 bits per heavy atom. The Kier molecular flexibility index (Phi) is 5.20. The molecular formula is C3H3FS2. The standard InChI is InChI=1S/C3H3FS2/c4-6-3-1-2-5/h1-3H. The first-order valence-corrected chi connectivity index (χ1v) is 2.54. The van der Waals surface area contributed by atoms with Gasteiger partial charge in [-0.15, -0.1) is 0 Å². The SMILES string of the molecule is FSC=CC=S. The van der Waals surface area contributed by atoms with E-state index < -0.39 is 0 Å². The lowest BCUT2D eigenvalue weighted by Gasteiger charge is -1.62. The van der Waals surface area contributed by atoms with Crippen LogP contribution in [0.4, 0.5) is 3.89 Å². The van der Waals surface area contributed by atoms with Crippen molar-refractivity contribution in [1.29, 1.82) is 0 Å². The fourth-order valence-corrected chi connectivity index (χ4v) is 0.378. The monoisotopic (exact) mass is 122 g/mol. The topological polar surface area (TPSA) is 0 Å². The molecule has 0 aromatic rings. The minimum Gasteiger partial charge on any atom is -0.160 e. The quantitative estimate of drug-likeness (QED) is 0.406. The molecule has 0 aliphatic rings. The average molecular weight is 122 g/mol. The van der Waals surface area contributed by atoms with Crippen LogP contribution in [0, 0.1) is 0 Å². The number of hydrogen-bond donors (Lipinski definition) is 0. The van der Waals surface area contributed by atoms with Crippen LogP contribution >= 0.6 is 24.4 Å². The van der Waals surface area contributed by atoms with E-state index in [4.69, 9.17) is 0 Å². The van der Waals surface area contributed by atoms with Crippen molar-refractivity contribution in [2.45, 2.75) is 0 Å². The molecule has 0 aliphatic carbocycles. The molecule has 0 saturated heterocycles. The molecule has 0 rings (SSSR count). The van der Waals surface area contributed by atoms with Crippen LogP contribution in [0.3, 0.4) is 0 Å². The molecule has 0 amide bonds. The van der Waals surface area contributed by atoms with Crippen LogP contribution in [0.25, 0.3) is 0 Å². The van der Waals surface area contributed by atoms with E-state index in [0.717, 1.165) is 0 Å². The highest BCUT2D eigenvalue weighted by Gasteiger charge is 1.61. The highest BCUT2D eigenvalue weighted by atomic mass is 32.2. The molecule has 6 heavy (non-hydrogen) atoms. The van der Waals surface area contributed by atoms with Crippen molar-refractivity contribution in [3.63, 3.8) is 0 Å². The first kappa shape index (κ1) is 6.11. The van der Waals surface area contributed by atoms with Crippen LogP contribution in [0.1, 0.15) is 0 Å². The van der Waals surface area contributed by atoms with Crippen molar-refractivity contribution >= 4 is 29.7 Å². The maximum atomic E-state index is 10.9. The van der Waals surface area contributed by atoms with E-state index in [1.54, 1.807) is 0 Å². The summed E-state index contributed by atoms with van der Waals surface area (Å²) in [5, 5.41) is 2.62. The largest absolute Gasteiger partial charge is 0.160 e. The van der Waals surface area contributed by atoms with Crippen molar-refractivity contribution in [2.75, 3.05) is 0 Å². The predicted octanol–water partition coefficient (Wildman–Crippen LogP) is 2.12. The van der Waals surface area contributed by atoms with E-state index in [1.807, 2.05) is 0 Å². The Morgan fingerprint density at radius 2 is 2.33 bits per heavy atom.